The van der Waals surface area contributed by atoms with Crippen molar-refractivity contribution in [2.45, 2.75) is 13.5 Å². The van der Waals surface area contributed by atoms with Gasteiger partial charge in [0.1, 0.15) is 0 Å². The molecule has 0 saturated carbocycles. The first kappa shape index (κ1) is 13.1. The van der Waals surface area contributed by atoms with Crippen LogP contribution in [0.5, 0.6) is 0 Å². The molecule has 0 aliphatic heterocycles. The molecule has 0 bridgehead atoms. The summed E-state index contributed by atoms with van der Waals surface area (Å²) in [6, 6.07) is 11.1. The molecule has 2 N–H and O–H groups in total. The number of hydrogen-bond acceptors (Lipinski definition) is 3. The number of benzene rings is 1. The molecule has 19 heavy (non-hydrogen) atoms. The first-order valence-corrected chi connectivity index (χ1v) is 6.10. The second kappa shape index (κ2) is 5.52. The number of carbonyl (C=O) groups is 1. The van der Waals surface area contributed by atoms with Gasteiger partial charge in [-0.2, -0.15) is 0 Å². The number of nitrogen functional groups attached to an aromatic ring is 1. The van der Waals surface area contributed by atoms with E-state index in [2.05, 4.69) is 4.98 Å². The van der Waals surface area contributed by atoms with Gasteiger partial charge < -0.3 is 10.6 Å². The molecular formula is C15H17N3O. The molecule has 1 aromatic carbocycles. The van der Waals surface area contributed by atoms with E-state index in [9.17, 15) is 4.79 Å². The fourth-order valence-electron chi connectivity index (χ4n) is 1.88. The number of amides is 1. The number of aryl methyl sites for hydroxylation is 1. The fourth-order valence-corrected chi connectivity index (χ4v) is 1.88. The molecule has 0 atom stereocenters. The van der Waals surface area contributed by atoms with Gasteiger partial charge in [0.2, 0.25) is 0 Å². The molecule has 0 unspecified atom stereocenters. The Kier molecular flexibility index (Phi) is 3.80. The highest BCUT2D eigenvalue weighted by molar-refractivity contribution is 5.99. The number of carbonyl (C=O) groups excluding carboxylic acids is 1. The summed E-state index contributed by atoms with van der Waals surface area (Å²) in [6.45, 7) is 2.36. The van der Waals surface area contributed by atoms with Gasteiger partial charge in [0.15, 0.2) is 0 Å². The lowest BCUT2D eigenvalue weighted by atomic mass is 10.1. The predicted molar refractivity (Wildman–Crippen MR) is 75.6 cm³/mol. The lowest BCUT2D eigenvalue weighted by Crippen LogP contribution is -2.27. The zero-order valence-electron chi connectivity index (χ0n) is 11.1. The topological polar surface area (TPSA) is 59.2 Å². The van der Waals surface area contributed by atoms with Gasteiger partial charge in [0, 0.05) is 18.9 Å². The molecule has 4 nitrogen and oxygen atoms in total. The van der Waals surface area contributed by atoms with Gasteiger partial charge in [-0.05, 0) is 30.7 Å². The molecule has 2 rings (SSSR count). The Bertz CT molecular complexity index is 581. The largest absolute Gasteiger partial charge is 0.398 e. The second-order valence-corrected chi connectivity index (χ2v) is 4.52. The van der Waals surface area contributed by atoms with Gasteiger partial charge in [0.25, 0.3) is 5.91 Å². The Labute approximate surface area is 112 Å². The minimum absolute atomic E-state index is 0.0909. The first-order chi connectivity index (χ1) is 9.09. The molecule has 4 heteroatoms. The molecule has 0 radical (unpaired) electrons. The first-order valence-electron chi connectivity index (χ1n) is 6.10. The van der Waals surface area contributed by atoms with Crippen molar-refractivity contribution in [2.24, 2.45) is 0 Å². The number of pyridine rings is 1. The highest BCUT2D eigenvalue weighted by Crippen LogP contribution is 2.18. The predicted octanol–water partition coefficient (Wildman–Crippen LogP) is 2.24. The fraction of sp³-hybridized carbons (Fsp3) is 0.200. The SMILES string of the molecule is Cc1cccc(C(=O)N(C)Cc2ccccn2)c1N. The summed E-state index contributed by atoms with van der Waals surface area (Å²) in [6.07, 6.45) is 1.72. The van der Waals surface area contributed by atoms with Crippen LogP contribution in [0.2, 0.25) is 0 Å². The summed E-state index contributed by atoms with van der Waals surface area (Å²) < 4.78 is 0. The van der Waals surface area contributed by atoms with Crippen LogP contribution in [0.25, 0.3) is 0 Å². The second-order valence-electron chi connectivity index (χ2n) is 4.52. The Balaban J connectivity index is 2.18. The lowest BCUT2D eigenvalue weighted by molar-refractivity contribution is 0.0784. The Morgan fingerprint density at radius 2 is 2.05 bits per heavy atom. The zero-order valence-corrected chi connectivity index (χ0v) is 11.1. The number of para-hydroxylation sites is 1. The molecule has 1 heterocycles. The maximum atomic E-state index is 12.3. The summed E-state index contributed by atoms with van der Waals surface area (Å²) >= 11 is 0. The number of nitrogens with two attached hydrogens (primary N) is 1. The molecule has 0 aliphatic rings. The van der Waals surface area contributed by atoms with E-state index in [0.717, 1.165) is 11.3 Å². The highest BCUT2D eigenvalue weighted by Gasteiger charge is 2.15. The molecule has 1 aromatic heterocycles. The summed E-state index contributed by atoms with van der Waals surface area (Å²) in [5.74, 6) is -0.0909. The average Bonchev–Trinajstić information content (AvgIpc) is 2.42. The van der Waals surface area contributed by atoms with Crippen molar-refractivity contribution in [3.8, 4) is 0 Å². The van der Waals surface area contributed by atoms with Gasteiger partial charge in [-0.1, -0.05) is 18.2 Å². The smallest absolute Gasteiger partial charge is 0.256 e. The van der Waals surface area contributed by atoms with Gasteiger partial charge in [0.05, 0.1) is 17.8 Å². The van der Waals surface area contributed by atoms with Crippen LogP contribution in [0.4, 0.5) is 5.69 Å². The average molecular weight is 255 g/mol. The van der Waals surface area contributed by atoms with Gasteiger partial charge in [-0.15, -0.1) is 0 Å². The third kappa shape index (κ3) is 2.91. The third-order valence-corrected chi connectivity index (χ3v) is 3.03. The van der Waals surface area contributed by atoms with Gasteiger partial charge in [-0.25, -0.2) is 0 Å². The van der Waals surface area contributed by atoms with Crippen molar-refractivity contribution in [3.63, 3.8) is 0 Å². The van der Waals surface area contributed by atoms with Crippen LogP contribution >= 0.6 is 0 Å². The van der Waals surface area contributed by atoms with Crippen molar-refractivity contribution in [1.82, 2.24) is 9.88 Å². The molecule has 2 aromatic rings. The third-order valence-electron chi connectivity index (χ3n) is 3.03. The summed E-state index contributed by atoms with van der Waals surface area (Å²) in [4.78, 5) is 18.2. The number of hydrogen-bond donors (Lipinski definition) is 1. The van der Waals surface area contributed by atoms with E-state index in [1.807, 2.05) is 37.3 Å². The summed E-state index contributed by atoms with van der Waals surface area (Å²) in [5, 5.41) is 0. The number of nitrogens with zero attached hydrogens (tertiary/aromatic N) is 2. The summed E-state index contributed by atoms with van der Waals surface area (Å²) in [7, 11) is 1.75. The maximum absolute atomic E-state index is 12.3. The van der Waals surface area contributed by atoms with Crippen LogP contribution in [-0.4, -0.2) is 22.8 Å². The molecule has 0 aliphatic carbocycles. The lowest BCUT2D eigenvalue weighted by Gasteiger charge is -2.18. The van der Waals surface area contributed by atoms with Gasteiger partial charge in [-0.3, -0.25) is 9.78 Å². The van der Waals surface area contributed by atoms with Crippen molar-refractivity contribution in [2.75, 3.05) is 12.8 Å². The van der Waals surface area contributed by atoms with Crippen molar-refractivity contribution in [3.05, 3.63) is 59.4 Å². The van der Waals surface area contributed by atoms with E-state index in [1.54, 1.807) is 24.2 Å². The zero-order chi connectivity index (χ0) is 13.8. The van der Waals surface area contributed by atoms with Crippen LogP contribution in [0.3, 0.4) is 0 Å². The highest BCUT2D eigenvalue weighted by atomic mass is 16.2. The van der Waals surface area contributed by atoms with E-state index < -0.39 is 0 Å². The Hall–Kier alpha value is -2.36. The van der Waals surface area contributed by atoms with Gasteiger partial charge >= 0.3 is 0 Å². The van der Waals surface area contributed by atoms with Crippen LogP contribution in [0.1, 0.15) is 21.6 Å². The molecular weight excluding hydrogens is 238 g/mol. The van der Waals surface area contributed by atoms with E-state index in [-0.39, 0.29) is 5.91 Å². The van der Waals surface area contributed by atoms with E-state index in [0.29, 0.717) is 17.8 Å². The van der Waals surface area contributed by atoms with Crippen molar-refractivity contribution in [1.29, 1.82) is 0 Å². The van der Waals surface area contributed by atoms with E-state index in [4.69, 9.17) is 5.73 Å². The molecule has 1 amide bonds. The van der Waals surface area contributed by atoms with Crippen LogP contribution in [0, 0.1) is 6.92 Å². The standard InChI is InChI=1S/C15H17N3O/c1-11-6-5-8-13(14(11)16)15(19)18(2)10-12-7-3-4-9-17-12/h3-9H,10,16H2,1-2H3. The van der Waals surface area contributed by atoms with Crippen molar-refractivity contribution >= 4 is 11.6 Å². The molecule has 0 fully saturated rings. The minimum Gasteiger partial charge on any atom is -0.398 e. The normalized spacial score (nSPS) is 10.2. The van der Waals surface area contributed by atoms with Crippen LogP contribution < -0.4 is 5.73 Å². The Morgan fingerprint density at radius 3 is 2.74 bits per heavy atom. The Morgan fingerprint density at radius 1 is 1.26 bits per heavy atom. The number of aromatic nitrogens is 1. The van der Waals surface area contributed by atoms with Crippen molar-refractivity contribution < 1.29 is 4.79 Å². The van der Waals surface area contributed by atoms with Crippen LogP contribution in [0.15, 0.2) is 42.6 Å². The van der Waals surface area contributed by atoms with E-state index in [1.165, 1.54) is 0 Å². The maximum Gasteiger partial charge on any atom is 0.256 e. The molecule has 0 saturated heterocycles. The number of rotatable bonds is 3. The summed E-state index contributed by atoms with van der Waals surface area (Å²) in [5.41, 5.74) is 8.80. The number of anilines is 1. The quantitative estimate of drug-likeness (QED) is 0.856. The monoisotopic (exact) mass is 255 g/mol. The van der Waals surface area contributed by atoms with Crippen LogP contribution in [-0.2, 0) is 6.54 Å². The minimum atomic E-state index is -0.0909. The molecule has 0 spiro atoms. The molecule has 98 valence electrons. The van der Waals surface area contributed by atoms with E-state index >= 15 is 0 Å².